The molecule has 0 aromatic heterocycles. The van der Waals surface area contributed by atoms with Crippen molar-refractivity contribution in [3.8, 4) is 0 Å². The van der Waals surface area contributed by atoms with E-state index in [4.69, 9.17) is 0 Å². The highest BCUT2D eigenvalue weighted by atomic mass is 16.3. The van der Waals surface area contributed by atoms with Gasteiger partial charge in [0.15, 0.2) is 5.78 Å². The van der Waals surface area contributed by atoms with Gasteiger partial charge in [-0.3, -0.25) is 4.79 Å². The highest BCUT2D eigenvalue weighted by Gasteiger charge is 2.56. The second-order valence-corrected chi connectivity index (χ2v) is 12.4. The van der Waals surface area contributed by atoms with Gasteiger partial charge in [-0.2, -0.15) is 0 Å². The summed E-state index contributed by atoms with van der Waals surface area (Å²) in [5.41, 5.74) is 0.0985. The summed E-state index contributed by atoms with van der Waals surface area (Å²) in [5, 5.41) is 31.2. The van der Waals surface area contributed by atoms with Crippen molar-refractivity contribution < 1.29 is 20.1 Å². The van der Waals surface area contributed by atoms with E-state index in [0.29, 0.717) is 49.4 Å². The van der Waals surface area contributed by atoms with Crippen molar-refractivity contribution in [2.24, 2.45) is 46.3 Å². The van der Waals surface area contributed by atoms with Crippen LogP contribution in [0.2, 0.25) is 0 Å². The summed E-state index contributed by atoms with van der Waals surface area (Å²) < 4.78 is 0. The summed E-state index contributed by atoms with van der Waals surface area (Å²) in [6.07, 6.45) is 7.65. The maximum atomic E-state index is 13.9. The number of aliphatic hydroxyl groups excluding tert-OH is 3. The molecule has 0 spiro atoms. The first-order chi connectivity index (χ1) is 15.0. The number of aliphatic hydroxyl groups is 3. The summed E-state index contributed by atoms with van der Waals surface area (Å²) >= 11 is 0. The van der Waals surface area contributed by atoms with Gasteiger partial charge in [0.05, 0.1) is 12.2 Å². The predicted molar refractivity (Wildman–Crippen MR) is 129 cm³/mol. The molecule has 4 heteroatoms. The number of hydrogen-bond donors (Lipinski definition) is 3. The number of carbonyl (C=O) groups is 1. The largest absolute Gasteiger partial charge is 0.396 e. The van der Waals surface area contributed by atoms with Gasteiger partial charge in [0, 0.05) is 17.9 Å². The molecule has 0 aromatic carbocycles. The van der Waals surface area contributed by atoms with Crippen LogP contribution in [0.25, 0.3) is 0 Å². The summed E-state index contributed by atoms with van der Waals surface area (Å²) in [4.78, 5) is 13.9. The molecule has 4 nitrogen and oxygen atoms in total. The van der Waals surface area contributed by atoms with E-state index in [1.807, 2.05) is 13.0 Å². The lowest BCUT2D eigenvalue weighted by atomic mass is 9.55. The average molecular weight is 449 g/mol. The van der Waals surface area contributed by atoms with Gasteiger partial charge in [-0.25, -0.2) is 0 Å². The number of allylic oxidation sites excluding steroid dienone is 1. The Labute approximate surface area is 195 Å². The van der Waals surface area contributed by atoms with Crippen molar-refractivity contribution in [3.63, 3.8) is 0 Å². The minimum Gasteiger partial charge on any atom is -0.396 e. The zero-order valence-corrected chi connectivity index (χ0v) is 21.3. The molecule has 2 fully saturated rings. The first kappa shape index (κ1) is 25.9. The fourth-order valence-corrected chi connectivity index (χ4v) is 7.47. The smallest absolute Gasteiger partial charge is 0.165 e. The third kappa shape index (κ3) is 4.61. The van der Waals surface area contributed by atoms with Gasteiger partial charge in [0.2, 0.25) is 0 Å². The molecule has 184 valence electrons. The van der Waals surface area contributed by atoms with E-state index < -0.39 is 17.6 Å². The second kappa shape index (κ2) is 9.88. The molecule has 0 heterocycles. The van der Waals surface area contributed by atoms with Gasteiger partial charge in [-0.1, -0.05) is 54.4 Å². The van der Waals surface area contributed by atoms with Crippen LogP contribution in [-0.4, -0.2) is 39.9 Å². The van der Waals surface area contributed by atoms with Crippen molar-refractivity contribution in [3.05, 3.63) is 11.6 Å². The summed E-state index contributed by atoms with van der Waals surface area (Å²) in [7, 11) is 0. The number of fused-ring (bicyclic) bond motifs is 1. The van der Waals surface area contributed by atoms with Gasteiger partial charge >= 0.3 is 0 Å². The minimum absolute atomic E-state index is 0.0939. The molecular weight excluding hydrogens is 400 g/mol. The molecule has 3 aliphatic rings. The Balaban J connectivity index is 1.85. The maximum Gasteiger partial charge on any atom is 0.165 e. The van der Waals surface area contributed by atoms with Crippen molar-refractivity contribution in [2.45, 2.75) is 105 Å². The van der Waals surface area contributed by atoms with Gasteiger partial charge in [-0.05, 0) is 85.2 Å². The molecule has 2 saturated carbocycles. The zero-order chi connectivity index (χ0) is 23.8. The summed E-state index contributed by atoms with van der Waals surface area (Å²) in [6.45, 7) is 13.7. The number of carbonyl (C=O) groups excluding carboxylic acids is 1. The Hall–Kier alpha value is -0.710. The molecule has 32 heavy (non-hydrogen) atoms. The third-order valence-corrected chi connectivity index (χ3v) is 10.2. The normalized spacial score (nSPS) is 42.0. The van der Waals surface area contributed by atoms with Crippen LogP contribution in [0, 0.1) is 46.3 Å². The highest BCUT2D eigenvalue weighted by Crippen LogP contribution is 2.59. The molecule has 0 saturated heterocycles. The van der Waals surface area contributed by atoms with E-state index in [1.54, 1.807) is 0 Å². The van der Waals surface area contributed by atoms with Crippen LogP contribution in [0.3, 0.4) is 0 Å². The first-order valence-electron chi connectivity index (χ1n) is 13.2. The number of rotatable bonds is 8. The van der Waals surface area contributed by atoms with Crippen LogP contribution < -0.4 is 0 Å². The van der Waals surface area contributed by atoms with Crippen molar-refractivity contribution in [1.29, 1.82) is 0 Å². The molecule has 9 unspecified atom stereocenters. The lowest BCUT2D eigenvalue weighted by Gasteiger charge is -2.49. The quantitative estimate of drug-likeness (QED) is 0.480. The Morgan fingerprint density at radius 2 is 1.75 bits per heavy atom. The van der Waals surface area contributed by atoms with Crippen molar-refractivity contribution >= 4 is 5.78 Å². The van der Waals surface area contributed by atoms with Crippen LogP contribution >= 0.6 is 0 Å². The fraction of sp³-hybridized carbons (Fsp3) is 0.893. The molecule has 3 N–H and O–H groups in total. The van der Waals surface area contributed by atoms with Gasteiger partial charge in [0.25, 0.3) is 0 Å². The molecule has 3 rings (SSSR count). The molecule has 0 radical (unpaired) electrons. The van der Waals surface area contributed by atoms with Crippen LogP contribution in [0.1, 0.15) is 92.9 Å². The molecule has 3 aliphatic carbocycles. The zero-order valence-electron chi connectivity index (χ0n) is 21.3. The molecular formula is C28H48O4. The Kier molecular flexibility index (Phi) is 8.00. The maximum absolute atomic E-state index is 13.9. The van der Waals surface area contributed by atoms with Gasteiger partial charge in [0.1, 0.15) is 0 Å². The first-order valence-corrected chi connectivity index (χ1v) is 13.2. The van der Waals surface area contributed by atoms with Crippen LogP contribution in [-0.2, 0) is 4.79 Å². The lowest BCUT2D eigenvalue weighted by molar-refractivity contribution is -0.138. The van der Waals surface area contributed by atoms with Crippen LogP contribution in [0.4, 0.5) is 0 Å². The molecule has 0 aliphatic heterocycles. The minimum atomic E-state index is -0.676. The fourth-order valence-electron chi connectivity index (χ4n) is 7.47. The van der Waals surface area contributed by atoms with E-state index >= 15 is 0 Å². The Morgan fingerprint density at radius 1 is 1.06 bits per heavy atom. The average Bonchev–Trinajstić information content (AvgIpc) is 3.07. The Morgan fingerprint density at radius 3 is 2.38 bits per heavy atom. The number of ketones is 1. The Bertz CT molecular complexity index is 700. The summed E-state index contributed by atoms with van der Waals surface area (Å²) in [6, 6.07) is 0. The standard InChI is InChI=1S/C28H48O4/c1-17(2)18(3)7-8-19(4)22-9-10-23(27(22,5)13-14-29)21-16-25(31)24-15-20(30)11-12-28(24,6)26(21)32/h16-20,22-25,29-31H,7-15H2,1-6H3. The van der Waals surface area contributed by atoms with Gasteiger partial charge < -0.3 is 15.3 Å². The molecule has 0 bridgehead atoms. The van der Waals surface area contributed by atoms with E-state index in [9.17, 15) is 20.1 Å². The molecule has 0 amide bonds. The predicted octanol–water partition coefficient (Wildman–Crippen LogP) is 5.15. The highest BCUT2D eigenvalue weighted by molar-refractivity contribution is 6.01. The summed E-state index contributed by atoms with van der Waals surface area (Å²) in [5.74, 6) is 2.51. The van der Waals surface area contributed by atoms with Crippen LogP contribution in [0.5, 0.6) is 0 Å². The van der Waals surface area contributed by atoms with Crippen LogP contribution in [0.15, 0.2) is 11.6 Å². The molecule has 0 aromatic rings. The number of hydrogen-bond acceptors (Lipinski definition) is 4. The van der Waals surface area contributed by atoms with E-state index in [0.717, 1.165) is 18.4 Å². The SMILES string of the molecule is CC(C)C(C)CCC(C)C1CCC(C2=CC(O)C3CC(O)CCC3(C)C2=O)C1(C)CCO. The van der Waals surface area contributed by atoms with Gasteiger partial charge in [-0.15, -0.1) is 0 Å². The van der Waals surface area contributed by atoms with E-state index in [1.165, 1.54) is 12.8 Å². The van der Waals surface area contributed by atoms with E-state index in [2.05, 4.69) is 34.6 Å². The van der Waals surface area contributed by atoms with E-state index in [-0.39, 0.29) is 29.6 Å². The topological polar surface area (TPSA) is 77.8 Å². The third-order valence-electron chi connectivity index (χ3n) is 10.2. The lowest BCUT2D eigenvalue weighted by Crippen LogP contribution is -2.52. The monoisotopic (exact) mass is 448 g/mol. The second-order valence-electron chi connectivity index (χ2n) is 12.4. The number of Topliss-reactive ketones (excluding diaryl/α,β-unsaturated/α-hetero) is 1. The van der Waals surface area contributed by atoms with Crippen molar-refractivity contribution in [1.82, 2.24) is 0 Å². The molecule has 9 atom stereocenters. The van der Waals surface area contributed by atoms with Crippen molar-refractivity contribution in [2.75, 3.05) is 6.61 Å².